The SMILES string of the molecule is CC[n+]1ccc(Cc2ccc([N+](=O)[O-])cc2)cc1.Cc1ccc(S(=O)(=O)[O-])cc1. The molecule has 0 atom stereocenters. The van der Waals surface area contributed by atoms with Crippen LogP contribution in [0.5, 0.6) is 0 Å². The third-order valence-electron chi connectivity index (χ3n) is 4.19. The van der Waals surface area contributed by atoms with Gasteiger partial charge in [-0.25, -0.2) is 13.0 Å². The maximum atomic E-state index is 10.5. The van der Waals surface area contributed by atoms with Gasteiger partial charge in [0.05, 0.1) is 9.82 Å². The molecule has 0 aliphatic carbocycles. The smallest absolute Gasteiger partial charge is 0.269 e. The standard InChI is InChI=1S/C14H15N2O2.C7H8O3S/c1-2-15-9-7-13(8-10-15)11-12-3-5-14(6-4-12)16(17)18;1-6-2-4-7(5-3-6)11(8,9)10/h3-10H,2,11H2,1H3;2-5H,1H3,(H,8,9,10)/q+1;/p-1. The second kappa shape index (κ2) is 9.90. The molecule has 0 fully saturated rings. The molecule has 3 aromatic rings. The summed E-state index contributed by atoms with van der Waals surface area (Å²) in [6, 6.07) is 16.6. The van der Waals surface area contributed by atoms with Crippen LogP contribution in [-0.4, -0.2) is 17.9 Å². The first-order valence-corrected chi connectivity index (χ1v) is 10.3. The molecule has 0 aliphatic rings. The van der Waals surface area contributed by atoms with Crippen molar-refractivity contribution in [2.24, 2.45) is 0 Å². The molecule has 0 aliphatic heterocycles. The maximum absolute atomic E-state index is 10.5. The van der Waals surface area contributed by atoms with Crippen LogP contribution < -0.4 is 4.57 Å². The van der Waals surface area contributed by atoms with E-state index in [1.54, 1.807) is 36.4 Å². The summed E-state index contributed by atoms with van der Waals surface area (Å²) in [5.74, 6) is 0. The van der Waals surface area contributed by atoms with Crippen molar-refractivity contribution in [1.29, 1.82) is 0 Å². The van der Waals surface area contributed by atoms with Gasteiger partial charge in [-0.15, -0.1) is 0 Å². The molecule has 0 bridgehead atoms. The minimum Gasteiger partial charge on any atom is -0.744 e. The average molecular weight is 414 g/mol. The van der Waals surface area contributed by atoms with Crippen LogP contribution in [0, 0.1) is 17.0 Å². The molecule has 0 saturated carbocycles. The third-order valence-corrected chi connectivity index (χ3v) is 5.04. The van der Waals surface area contributed by atoms with Crippen LogP contribution in [0.15, 0.2) is 78.0 Å². The largest absolute Gasteiger partial charge is 0.744 e. The monoisotopic (exact) mass is 414 g/mol. The van der Waals surface area contributed by atoms with Gasteiger partial charge in [-0.3, -0.25) is 10.1 Å². The summed E-state index contributed by atoms with van der Waals surface area (Å²) in [5, 5.41) is 10.5. The van der Waals surface area contributed by atoms with Crippen LogP contribution >= 0.6 is 0 Å². The molecule has 0 spiro atoms. The molecule has 2 aromatic carbocycles. The molecular weight excluding hydrogens is 392 g/mol. The van der Waals surface area contributed by atoms with Gasteiger partial charge in [0.15, 0.2) is 12.4 Å². The fourth-order valence-corrected chi connectivity index (χ4v) is 2.96. The summed E-state index contributed by atoms with van der Waals surface area (Å²) in [7, 11) is -4.27. The third kappa shape index (κ3) is 7.10. The van der Waals surface area contributed by atoms with E-state index in [9.17, 15) is 23.1 Å². The van der Waals surface area contributed by atoms with Crippen molar-refractivity contribution in [3.05, 3.63) is 99.9 Å². The highest BCUT2D eigenvalue weighted by molar-refractivity contribution is 7.85. The van der Waals surface area contributed by atoms with Gasteiger partial charge in [0.2, 0.25) is 0 Å². The average Bonchev–Trinajstić information content (AvgIpc) is 2.69. The molecule has 7 nitrogen and oxygen atoms in total. The van der Waals surface area contributed by atoms with Gasteiger partial charge in [-0.2, -0.15) is 0 Å². The molecular formula is C21H22N2O5S. The van der Waals surface area contributed by atoms with E-state index in [0.717, 1.165) is 24.1 Å². The van der Waals surface area contributed by atoms with E-state index in [1.807, 2.05) is 19.3 Å². The van der Waals surface area contributed by atoms with Crippen LogP contribution in [0.4, 0.5) is 5.69 Å². The van der Waals surface area contributed by atoms with Crippen molar-refractivity contribution in [1.82, 2.24) is 0 Å². The number of benzene rings is 2. The van der Waals surface area contributed by atoms with Crippen LogP contribution in [0.1, 0.15) is 23.6 Å². The highest BCUT2D eigenvalue weighted by Gasteiger charge is 2.05. The highest BCUT2D eigenvalue weighted by Crippen LogP contribution is 2.14. The molecule has 1 heterocycles. The molecule has 0 N–H and O–H groups in total. The molecule has 1 aromatic heterocycles. The Morgan fingerprint density at radius 3 is 1.86 bits per heavy atom. The Kier molecular flexibility index (Phi) is 7.58. The zero-order chi connectivity index (χ0) is 21.4. The van der Waals surface area contributed by atoms with Gasteiger partial charge in [0, 0.05) is 24.3 Å². The highest BCUT2D eigenvalue weighted by atomic mass is 32.2. The summed E-state index contributed by atoms with van der Waals surface area (Å²) in [4.78, 5) is 9.99. The summed E-state index contributed by atoms with van der Waals surface area (Å²) in [6.07, 6.45) is 4.88. The Bertz CT molecular complexity index is 1050. The number of hydrogen-bond acceptors (Lipinski definition) is 5. The summed E-state index contributed by atoms with van der Waals surface area (Å²) in [5.41, 5.74) is 3.34. The number of pyridine rings is 1. The molecule has 8 heteroatoms. The second-order valence-corrected chi connectivity index (χ2v) is 7.78. The first-order valence-electron chi connectivity index (χ1n) is 8.93. The van der Waals surface area contributed by atoms with Crippen LogP contribution in [0.25, 0.3) is 0 Å². The molecule has 3 rings (SSSR count). The Hall–Kier alpha value is -3.10. The van der Waals surface area contributed by atoms with Gasteiger partial charge < -0.3 is 4.55 Å². The topological polar surface area (TPSA) is 104 Å². The van der Waals surface area contributed by atoms with Crippen LogP contribution in [-0.2, 0) is 23.1 Å². The summed E-state index contributed by atoms with van der Waals surface area (Å²) < 4.78 is 33.3. The van der Waals surface area contributed by atoms with E-state index in [-0.39, 0.29) is 15.5 Å². The first kappa shape index (κ1) is 22.2. The molecule has 152 valence electrons. The number of nitro groups is 1. The van der Waals surface area contributed by atoms with E-state index in [4.69, 9.17) is 0 Å². The van der Waals surface area contributed by atoms with Gasteiger partial charge in [-0.1, -0.05) is 29.8 Å². The van der Waals surface area contributed by atoms with E-state index in [0.29, 0.717) is 0 Å². The van der Waals surface area contributed by atoms with Crippen LogP contribution in [0.2, 0.25) is 0 Å². The number of aromatic nitrogens is 1. The number of nitrogens with zero attached hydrogens (tertiary/aromatic N) is 2. The van der Waals surface area contributed by atoms with E-state index in [1.165, 1.54) is 17.7 Å². The Morgan fingerprint density at radius 1 is 0.897 bits per heavy atom. The molecule has 0 saturated heterocycles. The number of nitro benzene ring substituents is 1. The fraction of sp³-hybridized carbons (Fsp3) is 0.190. The van der Waals surface area contributed by atoms with Crippen molar-refractivity contribution in [3.63, 3.8) is 0 Å². The Morgan fingerprint density at radius 2 is 1.41 bits per heavy atom. The van der Waals surface area contributed by atoms with Crippen molar-refractivity contribution in [2.45, 2.75) is 31.7 Å². The number of rotatable bonds is 5. The minimum absolute atomic E-state index is 0.135. The lowest BCUT2D eigenvalue weighted by Crippen LogP contribution is -2.30. The summed E-state index contributed by atoms with van der Waals surface area (Å²) >= 11 is 0. The van der Waals surface area contributed by atoms with Crippen molar-refractivity contribution < 1.29 is 22.5 Å². The zero-order valence-electron chi connectivity index (χ0n) is 16.2. The minimum atomic E-state index is -4.27. The van der Waals surface area contributed by atoms with Gasteiger partial charge in [0.1, 0.15) is 16.7 Å². The predicted octanol–water partition coefficient (Wildman–Crippen LogP) is 3.39. The van der Waals surface area contributed by atoms with Crippen molar-refractivity contribution in [2.75, 3.05) is 0 Å². The Labute approximate surface area is 170 Å². The molecule has 0 amide bonds. The van der Waals surface area contributed by atoms with Gasteiger partial charge >= 0.3 is 0 Å². The summed E-state index contributed by atoms with van der Waals surface area (Å²) in [6.45, 7) is 4.87. The predicted molar refractivity (Wildman–Crippen MR) is 107 cm³/mol. The number of aryl methyl sites for hydroxylation is 2. The van der Waals surface area contributed by atoms with Gasteiger partial charge in [-0.05, 0) is 43.5 Å². The van der Waals surface area contributed by atoms with E-state index in [2.05, 4.69) is 23.6 Å². The lowest BCUT2D eigenvalue weighted by atomic mass is 10.1. The normalized spacial score (nSPS) is 10.7. The van der Waals surface area contributed by atoms with Crippen molar-refractivity contribution in [3.8, 4) is 0 Å². The zero-order valence-corrected chi connectivity index (χ0v) is 17.0. The van der Waals surface area contributed by atoms with Crippen LogP contribution in [0.3, 0.4) is 0 Å². The number of hydrogen-bond donors (Lipinski definition) is 0. The lowest BCUT2D eigenvalue weighted by Gasteiger charge is -2.05. The lowest BCUT2D eigenvalue weighted by molar-refractivity contribution is -0.693. The second-order valence-electron chi connectivity index (χ2n) is 6.40. The molecule has 29 heavy (non-hydrogen) atoms. The van der Waals surface area contributed by atoms with E-state index < -0.39 is 10.1 Å². The number of non-ortho nitro benzene ring substituents is 1. The van der Waals surface area contributed by atoms with Crippen molar-refractivity contribution >= 4 is 15.8 Å². The molecule has 0 radical (unpaired) electrons. The quantitative estimate of drug-likeness (QED) is 0.275. The molecule has 0 unspecified atom stereocenters. The maximum Gasteiger partial charge on any atom is 0.269 e. The Balaban J connectivity index is 0.000000234. The fourth-order valence-electron chi connectivity index (χ4n) is 2.49. The van der Waals surface area contributed by atoms with Gasteiger partial charge in [0.25, 0.3) is 5.69 Å². The van der Waals surface area contributed by atoms with E-state index >= 15 is 0 Å². The first-order chi connectivity index (χ1) is 13.7.